The number of amides is 1. The predicted molar refractivity (Wildman–Crippen MR) is 112 cm³/mol. The Bertz CT molecular complexity index is 788. The molecule has 2 unspecified atom stereocenters. The van der Waals surface area contributed by atoms with E-state index in [4.69, 9.17) is 4.74 Å². The van der Waals surface area contributed by atoms with Crippen molar-refractivity contribution in [2.45, 2.75) is 45.1 Å². The SMILES string of the molecule is O=C(O)C1CCCCC1C(=O)NCc1ccc(OCCCc2ccccc2)cc1. The Hall–Kier alpha value is -2.82. The maximum atomic E-state index is 12.4. The minimum Gasteiger partial charge on any atom is -0.494 e. The smallest absolute Gasteiger partial charge is 0.307 e. The van der Waals surface area contributed by atoms with E-state index in [1.807, 2.05) is 42.5 Å². The number of rotatable bonds is 9. The summed E-state index contributed by atoms with van der Waals surface area (Å²) in [7, 11) is 0. The highest BCUT2D eigenvalue weighted by molar-refractivity contribution is 5.84. The number of carboxylic acids is 1. The summed E-state index contributed by atoms with van der Waals surface area (Å²) in [6.45, 7) is 1.05. The number of aryl methyl sites for hydroxylation is 1. The van der Waals surface area contributed by atoms with Gasteiger partial charge in [0.05, 0.1) is 18.4 Å². The molecule has 5 heteroatoms. The monoisotopic (exact) mass is 395 g/mol. The minimum atomic E-state index is -0.862. The predicted octanol–water partition coefficient (Wildman–Crippen LogP) is 4.21. The molecule has 0 aliphatic heterocycles. The van der Waals surface area contributed by atoms with Gasteiger partial charge in [0, 0.05) is 6.54 Å². The highest BCUT2D eigenvalue weighted by atomic mass is 16.5. The van der Waals surface area contributed by atoms with Gasteiger partial charge in [0.15, 0.2) is 0 Å². The van der Waals surface area contributed by atoms with Crippen LogP contribution in [0.1, 0.15) is 43.2 Å². The summed E-state index contributed by atoms with van der Waals surface area (Å²) in [6, 6.07) is 18.0. The van der Waals surface area contributed by atoms with Crippen LogP contribution in [0.4, 0.5) is 0 Å². The van der Waals surface area contributed by atoms with Crippen LogP contribution >= 0.6 is 0 Å². The number of ether oxygens (including phenoxy) is 1. The first-order chi connectivity index (χ1) is 14.1. The van der Waals surface area contributed by atoms with Gasteiger partial charge in [-0.2, -0.15) is 0 Å². The maximum absolute atomic E-state index is 12.4. The fraction of sp³-hybridized carbons (Fsp3) is 0.417. The van der Waals surface area contributed by atoms with Crippen molar-refractivity contribution in [2.75, 3.05) is 6.61 Å². The number of benzene rings is 2. The summed E-state index contributed by atoms with van der Waals surface area (Å²) >= 11 is 0. The van der Waals surface area contributed by atoms with Crippen LogP contribution in [0, 0.1) is 11.8 Å². The van der Waals surface area contributed by atoms with Gasteiger partial charge < -0.3 is 15.2 Å². The molecule has 2 atom stereocenters. The van der Waals surface area contributed by atoms with Crippen molar-refractivity contribution in [3.8, 4) is 5.75 Å². The first-order valence-corrected chi connectivity index (χ1v) is 10.4. The normalized spacial score (nSPS) is 18.8. The van der Waals surface area contributed by atoms with Gasteiger partial charge in [-0.1, -0.05) is 55.3 Å². The van der Waals surface area contributed by atoms with Crippen LogP contribution in [-0.4, -0.2) is 23.6 Å². The van der Waals surface area contributed by atoms with Gasteiger partial charge in [-0.05, 0) is 48.9 Å². The van der Waals surface area contributed by atoms with Crippen molar-refractivity contribution in [3.05, 3.63) is 65.7 Å². The lowest BCUT2D eigenvalue weighted by Crippen LogP contribution is -2.39. The molecular weight excluding hydrogens is 366 g/mol. The molecule has 1 fully saturated rings. The highest BCUT2D eigenvalue weighted by Gasteiger charge is 2.35. The van der Waals surface area contributed by atoms with Crippen LogP contribution in [0.15, 0.2) is 54.6 Å². The number of carbonyl (C=O) groups is 2. The van der Waals surface area contributed by atoms with Crippen molar-refractivity contribution in [1.29, 1.82) is 0 Å². The number of hydrogen-bond acceptors (Lipinski definition) is 3. The maximum Gasteiger partial charge on any atom is 0.307 e. The molecule has 2 aromatic rings. The molecule has 1 aliphatic rings. The van der Waals surface area contributed by atoms with E-state index in [2.05, 4.69) is 17.4 Å². The summed E-state index contributed by atoms with van der Waals surface area (Å²) in [5.41, 5.74) is 2.28. The quantitative estimate of drug-likeness (QED) is 0.624. The molecule has 0 heterocycles. The molecule has 0 bridgehead atoms. The van der Waals surface area contributed by atoms with Crippen molar-refractivity contribution < 1.29 is 19.4 Å². The molecule has 29 heavy (non-hydrogen) atoms. The Morgan fingerprint density at radius 3 is 2.31 bits per heavy atom. The van der Waals surface area contributed by atoms with Gasteiger partial charge in [0.2, 0.25) is 5.91 Å². The summed E-state index contributed by atoms with van der Waals surface area (Å²) in [4.78, 5) is 23.8. The Morgan fingerprint density at radius 2 is 1.62 bits per heavy atom. The molecule has 0 aromatic heterocycles. The van der Waals surface area contributed by atoms with E-state index in [1.165, 1.54) is 5.56 Å². The second-order valence-corrected chi connectivity index (χ2v) is 7.64. The van der Waals surface area contributed by atoms with Gasteiger partial charge in [-0.15, -0.1) is 0 Å². The van der Waals surface area contributed by atoms with Crippen LogP contribution in [0.5, 0.6) is 5.75 Å². The van der Waals surface area contributed by atoms with Crippen molar-refractivity contribution in [1.82, 2.24) is 5.32 Å². The zero-order valence-corrected chi connectivity index (χ0v) is 16.7. The number of carboxylic acid groups (broad SMARTS) is 1. The molecule has 1 aliphatic carbocycles. The first kappa shape index (κ1) is 20.9. The topological polar surface area (TPSA) is 75.6 Å². The van der Waals surface area contributed by atoms with E-state index in [9.17, 15) is 14.7 Å². The molecule has 2 aromatic carbocycles. The molecule has 2 N–H and O–H groups in total. The van der Waals surface area contributed by atoms with E-state index in [1.54, 1.807) is 0 Å². The van der Waals surface area contributed by atoms with E-state index in [-0.39, 0.29) is 5.91 Å². The van der Waals surface area contributed by atoms with Crippen LogP contribution in [0.25, 0.3) is 0 Å². The van der Waals surface area contributed by atoms with Crippen LogP contribution < -0.4 is 10.1 Å². The third-order valence-corrected chi connectivity index (χ3v) is 5.53. The third kappa shape index (κ3) is 6.34. The molecule has 5 nitrogen and oxygen atoms in total. The second-order valence-electron chi connectivity index (χ2n) is 7.64. The number of hydrogen-bond donors (Lipinski definition) is 2. The molecule has 0 radical (unpaired) electrons. The number of nitrogens with one attached hydrogen (secondary N) is 1. The van der Waals surface area contributed by atoms with Gasteiger partial charge >= 0.3 is 5.97 Å². The molecule has 1 amide bonds. The fourth-order valence-corrected chi connectivity index (χ4v) is 3.88. The van der Waals surface area contributed by atoms with Gasteiger partial charge in [0.25, 0.3) is 0 Å². The Balaban J connectivity index is 1.40. The van der Waals surface area contributed by atoms with Crippen LogP contribution in [0.2, 0.25) is 0 Å². The lowest BCUT2D eigenvalue weighted by molar-refractivity contribution is -0.148. The largest absolute Gasteiger partial charge is 0.494 e. The van der Waals surface area contributed by atoms with E-state index in [0.717, 1.165) is 37.0 Å². The third-order valence-electron chi connectivity index (χ3n) is 5.53. The second kappa shape index (κ2) is 10.6. The molecule has 0 saturated heterocycles. The van der Waals surface area contributed by atoms with E-state index in [0.29, 0.717) is 26.0 Å². The number of aliphatic carboxylic acids is 1. The number of carbonyl (C=O) groups excluding carboxylic acids is 1. The van der Waals surface area contributed by atoms with E-state index >= 15 is 0 Å². The van der Waals surface area contributed by atoms with E-state index < -0.39 is 17.8 Å². The first-order valence-electron chi connectivity index (χ1n) is 10.4. The average molecular weight is 395 g/mol. The average Bonchev–Trinajstić information content (AvgIpc) is 2.76. The van der Waals surface area contributed by atoms with Gasteiger partial charge in [0.1, 0.15) is 5.75 Å². The Labute approximate surface area is 172 Å². The summed E-state index contributed by atoms with van der Waals surface area (Å²) in [5.74, 6) is -1.19. The summed E-state index contributed by atoms with van der Waals surface area (Å²) < 4.78 is 5.79. The Morgan fingerprint density at radius 1 is 0.931 bits per heavy atom. The zero-order chi connectivity index (χ0) is 20.5. The standard InChI is InChI=1S/C24H29NO4/c26-23(21-10-4-5-11-22(21)24(27)28)25-17-19-12-14-20(15-13-19)29-16-6-9-18-7-2-1-3-8-18/h1-3,7-8,12-15,21-22H,4-6,9-11,16-17H2,(H,25,26)(H,27,28). The van der Waals surface area contributed by atoms with Crippen molar-refractivity contribution in [3.63, 3.8) is 0 Å². The molecule has 0 spiro atoms. The van der Waals surface area contributed by atoms with Crippen molar-refractivity contribution >= 4 is 11.9 Å². The highest BCUT2D eigenvalue weighted by Crippen LogP contribution is 2.30. The molecule has 1 saturated carbocycles. The zero-order valence-electron chi connectivity index (χ0n) is 16.7. The van der Waals surface area contributed by atoms with Crippen molar-refractivity contribution in [2.24, 2.45) is 11.8 Å². The summed E-state index contributed by atoms with van der Waals surface area (Å²) in [5, 5.41) is 12.2. The summed E-state index contributed by atoms with van der Waals surface area (Å²) in [6.07, 6.45) is 4.98. The Kier molecular flexibility index (Phi) is 7.68. The lowest BCUT2D eigenvalue weighted by Gasteiger charge is -2.27. The van der Waals surface area contributed by atoms with Gasteiger partial charge in [-0.25, -0.2) is 0 Å². The molecule has 154 valence electrons. The molecule has 3 rings (SSSR count). The molecular formula is C24H29NO4. The van der Waals surface area contributed by atoms with Crippen LogP contribution in [-0.2, 0) is 22.6 Å². The minimum absolute atomic E-state index is 0.154. The fourth-order valence-electron chi connectivity index (χ4n) is 3.88. The van der Waals surface area contributed by atoms with Crippen LogP contribution in [0.3, 0.4) is 0 Å². The lowest BCUT2D eigenvalue weighted by atomic mass is 9.78. The van der Waals surface area contributed by atoms with Gasteiger partial charge in [-0.3, -0.25) is 9.59 Å².